The lowest BCUT2D eigenvalue weighted by molar-refractivity contribution is -0.129. The van der Waals surface area contributed by atoms with Crippen molar-refractivity contribution in [3.8, 4) is 45.5 Å². The topological polar surface area (TPSA) is 121 Å². The monoisotopic (exact) mass is 613 g/mol. The summed E-state index contributed by atoms with van der Waals surface area (Å²) in [4.78, 5) is 16.9. The molecule has 2 atom stereocenters. The van der Waals surface area contributed by atoms with Gasteiger partial charge >= 0.3 is 6.61 Å². The van der Waals surface area contributed by atoms with E-state index < -0.39 is 42.7 Å². The van der Waals surface area contributed by atoms with Gasteiger partial charge in [0, 0.05) is 37.1 Å². The van der Waals surface area contributed by atoms with E-state index in [4.69, 9.17) is 14.5 Å². The van der Waals surface area contributed by atoms with Gasteiger partial charge in [0.25, 0.3) is 6.43 Å². The SMILES string of the molecule is C[C@@H](O)C(=O)N[C@@H]1COc2c(-c3nc4n(Cc5ccccc5)cccc-4c3-c3cn(C)nc3OC(F)F)c(C(F)F)nn2C1. The number of aliphatic hydroxyl groups is 1. The fourth-order valence-electron chi connectivity index (χ4n) is 5.28. The standard InChI is InChI=1S/C29H27F4N7O4/c1-15(41)26(42)34-17-12-40-28(43-14-17)21(23(36-40)24(30)31)22-20(19-13-38(2)37-27(19)44-29(32)33)18-9-6-10-39(25(18)35-22)11-16-7-4-3-5-8-16/h3-10,13,15,17,24,29,41H,11-12,14H2,1-2H3,(H,34,42)/t15-,17+/m1/s1. The number of nitrogens with one attached hydrogen (secondary N) is 1. The van der Waals surface area contributed by atoms with Gasteiger partial charge in [-0.2, -0.15) is 13.9 Å². The van der Waals surface area contributed by atoms with E-state index in [-0.39, 0.29) is 41.4 Å². The van der Waals surface area contributed by atoms with Crippen molar-refractivity contribution in [3.05, 3.63) is 66.1 Å². The Kier molecular flexibility index (Phi) is 7.71. The van der Waals surface area contributed by atoms with Crippen LogP contribution in [0.1, 0.15) is 24.6 Å². The number of nitrogens with zero attached hydrogens (tertiary/aromatic N) is 6. The molecule has 0 saturated heterocycles. The minimum absolute atomic E-state index is 0.0168. The number of aliphatic hydroxyl groups excluding tert-OH is 1. The molecule has 0 saturated carbocycles. The number of halogens is 4. The number of benzene rings is 1. The van der Waals surface area contributed by atoms with Crippen molar-refractivity contribution in [1.29, 1.82) is 0 Å². The number of fused-ring (bicyclic) bond motifs is 2. The summed E-state index contributed by atoms with van der Waals surface area (Å²) in [6.45, 7) is -1.63. The first-order valence-corrected chi connectivity index (χ1v) is 13.6. The van der Waals surface area contributed by atoms with Crippen LogP contribution in [0.25, 0.3) is 33.8 Å². The average Bonchev–Trinajstić information content (AvgIpc) is 3.65. The van der Waals surface area contributed by atoms with Gasteiger partial charge in [0.15, 0.2) is 0 Å². The normalized spacial score (nSPS) is 15.4. The number of hydrogen-bond acceptors (Lipinski definition) is 7. The van der Waals surface area contributed by atoms with Crippen molar-refractivity contribution in [2.75, 3.05) is 6.61 Å². The molecule has 0 bridgehead atoms. The lowest BCUT2D eigenvalue weighted by atomic mass is 9.98. The first-order valence-electron chi connectivity index (χ1n) is 13.6. The second kappa shape index (κ2) is 11.6. The highest BCUT2D eigenvalue weighted by Crippen LogP contribution is 2.49. The van der Waals surface area contributed by atoms with Gasteiger partial charge < -0.3 is 24.5 Å². The summed E-state index contributed by atoms with van der Waals surface area (Å²) in [6.07, 6.45) is -1.11. The molecule has 6 rings (SSSR count). The molecule has 3 aliphatic rings. The van der Waals surface area contributed by atoms with Crippen LogP contribution in [0, 0.1) is 0 Å². The van der Waals surface area contributed by atoms with Gasteiger partial charge in [0.05, 0.1) is 29.4 Å². The Hall–Kier alpha value is -4.92. The van der Waals surface area contributed by atoms with Crippen molar-refractivity contribution < 1.29 is 36.9 Å². The maximum atomic E-state index is 14.6. The van der Waals surface area contributed by atoms with E-state index in [1.54, 1.807) is 18.3 Å². The summed E-state index contributed by atoms with van der Waals surface area (Å²) in [7, 11) is 1.52. The van der Waals surface area contributed by atoms with Crippen LogP contribution in [0.3, 0.4) is 0 Å². The van der Waals surface area contributed by atoms with Crippen molar-refractivity contribution in [1.82, 2.24) is 34.4 Å². The number of ether oxygens (including phenoxy) is 2. The summed E-state index contributed by atoms with van der Waals surface area (Å²) >= 11 is 0. The number of alkyl halides is 4. The zero-order valence-electron chi connectivity index (χ0n) is 23.5. The molecule has 44 heavy (non-hydrogen) atoms. The number of carbonyl (C=O) groups excluding carboxylic acids is 1. The Bertz CT molecular complexity index is 1770. The van der Waals surface area contributed by atoms with Crippen molar-refractivity contribution in [2.45, 2.75) is 45.2 Å². The summed E-state index contributed by atoms with van der Waals surface area (Å²) in [5, 5.41) is 20.3. The molecule has 0 fully saturated rings. The second-order valence-corrected chi connectivity index (χ2v) is 10.3. The van der Waals surface area contributed by atoms with Crippen LogP contribution in [0.5, 0.6) is 11.8 Å². The predicted molar refractivity (Wildman–Crippen MR) is 149 cm³/mol. The number of rotatable bonds is 9. The van der Waals surface area contributed by atoms with E-state index in [1.165, 1.54) is 29.5 Å². The smallest absolute Gasteiger partial charge is 0.388 e. The molecular weight excluding hydrogens is 586 g/mol. The Balaban J connectivity index is 1.55. The van der Waals surface area contributed by atoms with Gasteiger partial charge in [-0.15, -0.1) is 5.10 Å². The molecule has 0 unspecified atom stereocenters. The maximum Gasteiger partial charge on any atom is 0.388 e. The molecule has 0 radical (unpaired) electrons. The molecule has 5 heterocycles. The van der Waals surface area contributed by atoms with Gasteiger partial charge in [-0.25, -0.2) is 18.4 Å². The van der Waals surface area contributed by atoms with E-state index in [2.05, 4.69) is 15.5 Å². The van der Waals surface area contributed by atoms with Gasteiger partial charge in [-0.05, 0) is 24.6 Å². The van der Waals surface area contributed by atoms with E-state index >= 15 is 0 Å². The highest BCUT2D eigenvalue weighted by molar-refractivity contribution is 5.97. The van der Waals surface area contributed by atoms with Crippen LogP contribution in [-0.2, 0) is 24.9 Å². The minimum Gasteiger partial charge on any atom is -0.475 e. The molecule has 0 aliphatic carbocycles. The molecule has 1 aromatic carbocycles. The number of pyridine rings is 1. The third kappa shape index (κ3) is 5.45. The van der Waals surface area contributed by atoms with Gasteiger partial charge in [-0.3, -0.25) is 9.48 Å². The Morgan fingerprint density at radius 3 is 2.59 bits per heavy atom. The van der Waals surface area contributed by atoms with Crippen LogP contribution < -0.4 is 14.8 Å². The highest BCUT2D eigenvalue weighted by atomic mass is 19.3. The zero-order chi connectivity index (χ0) is 31.1. The Labute approximate surface area is 248 Å². The molecule has 2 N–H and O–H groups in total. The van der Waals surface area contributed by atoms with Crippen LogP contribution in [0.4, 0.5) is 17.6 Å². The predicted octanol–water partition coefficient (Wildman–Crippen LogP) is 4.10. The van der Waals surface area contributed by atoms with Gasteiger partial charge in [-0.1, -0.05) is 30.3 Å². The third-order valence-electron chi connectivity index (χ3n) is 7.14. The van der Waals surface area contributed by atoms with Crippen LogP contribution in [-0.4, -0.2) is 65.5 Å². The summed E-state index contributed by atoms with van der Waals surface area (Å²) in [5.74, 6) is -0.688. The fraction of sp³-hybridized carbons (Fsp3) is 0.310. The van der Waals surface area contributed by atoms with Crippen molar-refractivity contribution >= 4 is 5.91 Å². The van der Waals surface area contributed by atoms with Gasteiger partial charge in [0.2, 0.25) is 17.7 Å². The molecule has 0 spiro atoms. The number of aryl methyl sites for hydroxylation is 1. The van der Waals surface area contributed by atoms with Crippen molar-refractivity contribution in [3.63, 3.8) is 0 Å². The molecule has 11 nitrogen and oxygen atoms in total. The number of hydrogen-bond donors (Lipinski definition) is 2. The molecule has 3 aromatic rings. The largest absolute Gasteiger partial charge is 0.475 e. The Morgan fingerprint density at radius 2 is 1.89 bits per heavy atom. The average molecular weight is 614 g/mol. The molecule has 15 heteroatoms. The lowest BCUT2D eigenvalue weighted by Gasteiger charge is -2.26. The quantitative estimate of drug-likeness (QED) is 0.240. The summed E-state index contributed by atoms with van der Waals surface area (Å²) in [6, 6.07) is 12.3. The third-order valence-corrected chi connectivity index (χ3v) is 7.14. The summed E-state index contributed by atoms with van der Waals surface area (Å²) < 4.78 is 71.1. The number of aromatic nitrogens is 6. The zero-order valence-corrected chi connectivity index (χ0v) is 23.5. The maximum absolute atomic E-state index is 14.6. The second-order valence-electron chi connectivity index (χ2n) is 10.3. The summed E-state index contributed by atoms with van der Waals surface area (Å²) in [5.41, 5.74) is 1.03. The number of amides is 1. The van der Waals surface area contributed by atoms with Crippen molar-refractivity contribution in [2.24, 2.45) is 7.05 Å². The first kappa shape index (κ1) is 29.2. The Morgan fingerprint density at radius 1 is 1.11 bits per heavy atom. The molecule has 230 valence electrons. The molecular formula is C29H27F4N7O4. The van der Waals surface area contributed by atoms with E-state index in [1.807, 2.05) is 34.9 Å². The van der Waals surface area contributed by atoms with Crippen LogP contribution in [0.15, 0.2) is 54.9 Å². The first-order chi connectivity index (χ1) is 21.1. The fourth-order valence-corrected chi connectivity index (χ4v) is 5.28. The van der Waals surface area contributed by atoms with E-state index in [9.17, 15) is 27.5 Å². The molecule has 2 aromatic heterocycles. The van der Waals surface area contributed by atoms with E-state index in [0.29, 0.717) is 17.9 Å². The number of carbonyl (C=O) groups is 1. The van der Waals surface area contributed by atoms with Crippen LogP contribution in [0.2, 0.25) is 0 Å². The lowest BCUT2D eigenvalue weighted by Crippen LogP contribution is -2.47. The molecule has 3 aliphatic heterocycles. The van der Waals surface area contributed by atoms with Crippen LogP contribution >= 0.6 is 0 Å². The minimum atomic E-state index is -3.19. The highest BCUT2D eigenvalue weighted by Gasteiger charge is 2.37. The van der Waals surface area contributed by atoms with Gasteiger partial charge in [0.1, 0.15) is 24.2 Å². The van der Waals surface area contributed by atoms with E-state index in [0.717, 1.165) is 5.56 Å². The molecule has 1 amide bonds.